The lowest BCUT2D eigenvalue weighted by molar-refractivity contribution is 0.223. The van der Waals surface area contributed by atoms with Crippen LogP contribution in [0, 0.1) is 17.6 Å². The van der Waals surface area contributed by atoms with E-state index in [1.807, 2.05) is 0 Å². The first kappa shape index (κ1) is 16.3. The SMILES string of the molecule is CC1CCCC(CN)(NS(=O)(=O)c2ccc(F)c(F)c2)C1. The van der Waals surface area contributed by atoms with Gasteiger partial charge in [-0.25, -0.2) is 21.9 Å². The fraction of sp³-hybridized carbons (Fsp3) is 0.571. The maximum absolute atomic E-state index is 13.2. The number of hydrogen-bond acceptors (Lipinski definition) is 3. The van der Waals surface area contributed by atoms with E-state index in [1.165, 1.54) is 0 Å². The second kappa shape index (κ2) is 5.98. The van der Waals surface area contributed by atoms with Gasteiger partial charge >= 0.3 is 0 Å². The zero-order valence-corrected chi connectivity index (χ0v) is 12.7. The van der Waals surface area contributed by atoms with Gasteiger partial charge in [0.2, 0.25) is 10.0 Å². The lowest BCUT2D eigenvalue weighted by atomic mass is 9.77. The molecule has 0 amide bonds. The van der Waals surface area contributed by atoms with Crippen molar-refractivity contribution in [3.05, 3.63) is 29.8 Å². The number of halogens is 2. The van der Waals surface area contributed by atoms with Crippen molar-refractivity contribution < 1.29 is 17.2 Å². The van der Waals surface area contributed by atoms with E-state index in [1.54, 1.807) is 0 Å². The van der Waals surface area contributed by atoms with Crippen LogP contribution in [0.5, 0.6) is 0 Å². The monoisotopic (exact) mass is 318 g/mol. The molecule has 0 bridgehead atoms. The van der Waals surface area contributed by atoms with Crippen LogP contribution in [-0.4, -0.2) is 20.5 Å². The number of nitrogens with one attached hydrogen (secondary N) is 1. The van der Waals surface area contributed by atoms with Crippen molar-refractivity contribution in [3.8, 4) is 0 Å². The average Bonchev–Trinajstić information content (AvgIpc) is 2.41. The summed E-state index contributed by atoms with van der Waals surface area (Å²) in [6.45, 7) is 2.23. The van der Waals surface area contributed by atoms with Gasteiger partial charge in [-0.1, -0.05) is 19.8 Å². The summed E-state index contributed by atoms with van der Waals surface area (Å²) >= 11 is 0. The van der Waals surface area contributed by atoms with Crippen molar-refractivity contribution in [1.82, 2.24) is 4.72 Å². The molecule has 2 atom stereocenters. The highest BCUT2D eigenvalue weighted by Crippen LogP contribution is 2.33. The minimum absolute atomic E-state index is 0.181. The fourth-order valence-electron chi connectivity index (χ4n) is 2.97. The number of rotatable bonds is 4. The van der Waals surface area contributed by atoms with E-state index in [0.29, 0.717) is 24.8 Å². The van der Waals surface area contributed by atoms with Crippen LogP contribution >= 0.6 is 0 Å². The van der Waals surface area contributed by atoms with Crippen LogP contribution in [0.2, 0.25) is 0 Å². The van der Waals surface area contributed by atoms with Crippen LogP contribution in [0.15, 0.2) is 23.1 Å². The molecule has 1 aliphatic rings. The Hall–Kier alpha value is -1.05. The first-order valence-corrected chi connectivity index (χ1v) is 8.45. The lowest BCUT2D eigenvalue weighted by Gasteiger charge is -2.39. The summed E-state index contributed by atoms with van der Waals surface area (Å²) in [6.07, 6.45) is 3.22. The molecule has 0 spiro atoms. The van der Waals surface area contributed by atoms with Gasteiger partial charge in [0, 0.05) is 12.1 Å². The first-order valence-electron chi connectivity index (χ1n) is 6.97. The zero-order valence-electron chi connectivity index (χ0n) is 11.9. The second-order valence-corrected chi connectivity index (χ2v) is 7.55. The smallest absolute Gasteiger partial charge is 0.241 e. The van der Waals surface area contributed by atoms with E-state index in [4.69, 9.17) is 5.73 Å². The summed E-state index contributed by atoms with van der Waals surface area (Å²) in [4.78, 5) is -0.285. The summed E-state index contributed by atoms with van der Waals surface area (Å²) in [6, 6.07) is 2.55. The van der Waals surface area contributed by atoms with E-state index < -0.39 is 27.2 Å². The van der Waals surface area contributed by atoms with Gasteiger partial charge in [-0.15, -0.1) is 0 Å². The van der Waals surface area contributed by atoms with Crippen molar-refractivity contribution >= 4 is 10.0 Å². The molecule has 7 heteroatoms. The molecular formula is C14H20F2N2O2S. The molecule has 21 heavy (non-hydrogen) atoms. The predicted octanol–water partition coefficient (Wildman–Crippen LogP) is 2.15. The van der Waals surface area contributed by atoms with Crippen molar-refractivity contribution in [2.45, 2.75) is 43.0 Å². The Morgan fingerprint density at radius 2 is 2.10 bits per heavy atom. The summed E-state index contributed by atoms with van der Waals surface area (Å²) < 4.78 is 53.5. The van der Waals surface area contributed by atoms with Crippen molar-refractivity contribution in [2.24, 2.45) is 11.7 Å². The molecule has 4 nitrogen and oxygen atoms in total. The first-order chi connectivity index (χ1) is 9.78. The standard InChI is InChI=1S/C14H20F2N2O2S/c1-10-3-2-6-14(8-10,9-17)18-21(19,20)11-4-5-12(15)13(16)7-11/h4-5,7,10,18H,2-3,6,8-9,17H2,1H3. The van der Waals surface area contributed by atoms with E-state index in [0.717, 1.165) is 25.0 Å². The normalized spacial score (nSPS) is 26.8. The zero-order chi connectivity index (χ0) is 15.7. The maximum atomic E-state index is 13.2. The number of benzene rings is 1. The molecule has 1 aromatic rings. The summed E-state index contributed by atoms with van der Waals surface area (Å²) in [5.41, 5.74) is 5.07. The third-order valence-electron chi connectivity index (χ3n) is 4.03. The Balaban J connectivity index is 2.28. The summed E-state index contributed by atoms with van der Waals surface area (Å²) in [5.74, 6) is -1.89. The van der Waals surface area contributed by atoms with Gasteiger partial charge in [0.1, 0.15) is 0 Å². The van der Waals surface area contributed by atoms with Gasteiger partial charge in [-0.05, 0) is 37.0 Å². The average molecular weight is 318 g/mol. The topological polar surface area (TPSA) is 72.2 Å². The molecule has 0 saturated heterocycles. The molecule has 1 saturated carbocycles. The Bertz CT molecular complexity index is 621. The lowest BCUT2D eigenvalue weighted by Crippen LogP contribution is -2.55. The highest BCUT2D eigenvalue weighted by molar-refractivity contribution is 7.89. The molecule has 0 aliphatic heterocycles. The van der Waals surface area contributed by atoms with Crippen LogP contribution in [-0.2, 0) is 10.0 Å². The Morgan fingerprint density at radius 1 is 1.38 bits per heavy atom. The minimum atomic E-state index is -3.93. The van der Waals surface area contributed by atoms with Gasteiger partial charge in [0.25, 0.3) is 0 Å². The van der Waals surface area contributed by atoms with E-state index in [-0.39, 0.29) is 11.4 Å². The highest BCUT2D eigenvalue weighted by atomic mass is 32.2. The van der Waals surface area contributed by atoms with E-state index in [9.17, 15) is 17.2 Å². The van der Waals surface area contributed by atoms with Crippen molar-refractivity contribution in [1.29, 1.82) is 0 Å². The largest absolute Gasteiger partial charge is 0.329 e. The van der Waals surface area contributed by atoms with E-state index >= 15 is 0 Å². The molecule has 3 N–H and O–H groups in total. The molecule has 1 aromatic carbocycles. The highest BCUT2D eigenvalue weighted by Gasteiger charge is 2.37. The predicted molar refractivity (Wildman–Crippen MR) is 76.1 cm³/mol. The molecule has 1 aliphatic carbocycles. The van der Waals surface area contributed by atoms with Crippen LogP contribution in [0.3, 0.4) is 0 Å². The second-order valence-electron chi connectivity index (χ2n) is 5.87. The van der Waals surface area contributed by atoms with Crippen molar-refractivity contribution in [2.75, 3.05) is 6.54 Å². The Kier molecular flexibility index (Phi) is 4.65. The maximum Gasteiger partial charge on any atom is 0.241 e. The van der Waals surface area contributed by atoms with Crippen LogP contribution in [0.25, 0.3) is 0 Å². The fourth-order valence-corrected chi connectivity index (χ4v) is 4.43. The number of nitrogens with two attached hydrogens (primary N) is 1. The van der Waals surface area contributed by atoms with E-state index in [2.05, 4.69) is 11.6 Å². The molecule has 0 radical (unpaired) electrons. The third kappa shape index (κ3) is 3.59. The van der Waals surface area contributed by atoms with Gasteiger partial charge in [0.15, 0.2) is 11.6 Å². The van der Waals surface area contributed by atoms with Gasteiger partial charge in [-0.2, -0.15) is 0 Å². The molecule has 2 rings (SSSR count). The molecular weight excluding hydrogens is 298 g/mol. The summed E-state index contributed by atoms with van der Waals surface area (Å²) in [7, 11) is -3.93. The number of hydrogen-bond donors (Lipinski definition) is 2. The molecule has 2 unspecified atom stereocenters. The Morgan fingerprint density at radius 3 is 2.67 bits per heavy atom. The summed E-state index contributed by atoms with van der Waals surface area (Å²) in [5, 5.41) is 0. The van der Waals surface area contributed by atoms with Gasteiger partial charge in [-0.3, -0.25) is 0 Å². The van der Waals surface area contributed by atoms with Crippen LogP contribution in [0.1, 0.15) is 32.6 Å². The minimum Gasteiger partial charge on any atom is -0.329 e. The molecule has 118 valence electrons. The molecule has 1 fully saturated rings. The number of sulfonamides is 1. The van der Waals surface area contributed by atoms with Gasteiger partial charge in [0.05, 0.1) is 4.90 Å². The van der Waals surface area contributed by atoms with Crippen molar-refractivity contribution in [3.63, 3.8) is 0 Å². The molecule has 0 aromatic heterocycles. The quantitative estimate of drug-likeness (QED) is 0.893. The third-order valence-corrected chi connectivity index (χ3v) is 5.61. The molecule has 0 heterocycles. The van der Waals surface area contributed by atoms with Gasteiger partial charge < -0.3 is 5.73 Å². The van der Waals surface area contributed by atoms with Crippen LogP contribution in [0.4, 0.5) is 8.78 Å². The Labute approximate surface area is 123 Å². The van der Waals surface area contributed by atoms with Crippen LogP contribution < -0.4 is 10.5 Å².